The Hall–Kier alpha value is -2.12. The summed E-state index contributed by atoms with van der Waals surface area (Å²) in [5.41, 5.74) is 0.328. The Bertz CT molecular complexity index is 834. The van der Waals surface area contributed by atoms with Crippen molar-refractivity contribution in [2.45, 2.75) is 31.0 Å². The molecule has 6 nitrogen and oxygen atoms in total. The van der Waals surface area contributed by atoms with Crippen molar-refractivity contribution in [1.82, 2.24) is 10.2 Å². The molecule has 0 radical (unpaired) electrons. The van der Waals surface area contributed by atoms with Crippen LogP contribution in [0.3, 0.4) is 0 Å². The van der Waals surface area contributed by atoms with Crippen LogP contribution < -0.4 is 5.32 Å². The zero-order chi connectivity index (χ0) is 18.4. The molecule has 27 heavy (non-hydrogen) atoms. The Kier molecular flexibility index (Phi) is 4.09. The predicted octanol–water partition coefficient (Wildman–Crippen LogP) is 2.32. The number of nitrogens with one attached hydrogen (secondary N) is 1. The number of nitrogens with zero attached hydrogens (tertiary/aromatic N) is 1. The van der Waals surface area contributed by atoms with Gasteiger partial charge in [-0.05, 0) is 30.4 Å². The van der Waals surface area contributed by atoms with E-state index in [9.17, 15) is 9.59 Å². The molecule has 0 aliphatic carbocycles. The monoisotopic (exact) mass is 386 g/mol. The van der Waals surface area contributed by atoms with Crippen molar-refractivity contribution < 1.29 is 18.7 Å². The summed E-state index contributed by atoms with van der Waals surface area (Å²) < 4.78 is 11.4. The minimum atomic E-state index is -0.208. The molecule has 3 fully saturated rings. The number of hydrogen-bond donors (Lipinski definition) is 1. The number of carbonyl (C=O) groups is 2. The highest BCUT2D eigenvalue weighted by atomic mass is 32.1. The Morgan fingerprint density at radius 3 is 3.07 bits per heavy atom. The highest BCUT2D eigenvalue weighted by molar-refractivity contribution is 7.10. The van der Waals surface area contributed by atoms with Gasteiger partial charge in [0.05, 0.1) is 36.5 Å². The van der Waals surface area contributed by atoms with E-state index in [1.165, 1.54) is 12.5 Å². The second kappa shape index (κ2) is 6.49. The lowest BCUT2D eigenvalue weighted by atomic mass is 9.73. The van der Waals surface area contributed by atoms with Gasteiger partial charge in [0.2, 0.25) is 5.91 Å². The smallest absolute Gasteiger partial charge is 0.254 e. The second-order valence-corrected chi connectivity index (χ2v) is 8.81. The number of furan rings is 1. The van der Waals surface area contributed by atoms with Crippen molar-refractivity contribution in [3.05, 3.63) is 46.5 Å². The van der Waals surface area contributed by atoms with Crippen molar-refractivity contribution in [2.24, 2.45) is 11.8 Å². The molecule has 0 unspecified atom stereocenters. The maximum Gasteiger partial charge on any atom is 0.254 e. The molecule has 4 atom stereocenters. The number of thiophene rings is 1. The van der Waals surface area contributed by atoms with Gasteiger partial charge in [0.25, 0.3) is 5.91 Å². The maximum atomic E-state index is 12.7. The van der Waals surface area contributed by atoms with E-state index < -0.39 is 0 Å². The maximum absolute atomic E-state index is 12.7. The number of carbonyl (C=O) groups excluding carboxylic acids is 2. The molecule has 142 valence electrons. The van der Waals surface area contributed by atoms with E-state index >= 15 is 0 Å². The van der Waals surface area contributed by atoms with Gasteiger partial charge in [-0.25, -0.2) is 0 Å². The van der Waals surface area contributed by atoms with E-state index in [1.807, 2.05) is 22.4 Å². The van der Waals surface area contributed by atoms with E-state index in [-0.39, 0.29) is 29.4 Å². The molecule has 1 spiro atoms. The third-order valence-corrected chi connectivity index (χ3v) is 7.20. The molecule has 2 aromatic rings. The molecular formula is C20H22N2O4S. The Morgan fingerprint density at radius 1 is 1.37 bits per heavy atom. The van der Waals surface area contributed by atoms with E-state index in [0.29, 0.717) is 31.0 Å². The van der Waals surface area contributed by atoms with Crippen LogP contribution in [0.15, 0.2) is 40.5 Å². The van der Waals surface area contributed by atoms with E-state index in [2.05, 4.69) is 5.32 Å². The van der Waals surface area contributed by atoms with Gasteiger partial charge in [0, 0.05) is 29.8 Å². The molecule has 2 aromatic heterocycles. The molecule has 2 amide bonds. The molecular weight excluding hydrogens is 364 g/mol. The molecule has 7 heteroatoms. The van der Waals surface area contributed by atoms with Crippen LogP contribution in [0, 0.1) is 11.8 Å². The highest BCUT2D eigenvalue weighted by Crippen LogP contribution is 2.54. The van der Waals surface area contributed by atoms with Crippen LogP contribution in [0.2, 0.25) is 0 Å². The number of ether oxygens (including phenoxy) is 1. The zero-order valence-electron chi connectivity index (χ0n) is 14.9. The van der Waals surface area contributed by atoms with Crippen LogP contribution >= 0.6 is 11.3 Å². The summed E-state index contributed by atoms with van der Waals surface area (Å²) in [5, 5.41) is 5.02. The van der Waals surface area contributed by atoms with Gasteiger partial charge < -0.3 is 19.4 Å². The fourth-order valence-corrected chi connectivity index (χ4v) is 5.73. The first-order valence-electron chi connectivity index (χ1n) is 9.43. The quantitative estimate of drug-likeness (QED) is 0.856. The van der Waals surface area contributed by atoms with Crippen molar-refractivity contribution in [3.8, 4) is 0 Å². The van der Waals surface area contributed by atoms with Crippen molar-refractivity contribution in [2.75, 3.05) is 19.6 Å². The number of fused-ring (bicyclic) bond motifs is 1. The molecule has 3 aliphatic rings. The number of hydrogen-bond acceptors (Lipinski definition) is 5. The molecule has 0 aromatic carbocycles. The van der Waals surface area contributed by atoms with Crippen molar-refractivity contribution in [3.63, 3.8) is 0 Å². The largest absolute Gasteiger partial charge is 0.472 e. The second-order valence-electron chi connectivity index (χ2n) is 7.78. The molecule has 3 aliphatic heterocycles. The number of likely N-dealkylation sites (tertiary alicyclic amines) is 1. The summed E-state index contributed by atoms with van der Waals surface area (Å²) in [5.74, 6) is 0.612. The Morgan fingerprint density at radius 2 is 2.30 bits per heavy atom. The van der Waals surface area contributed by atoms with Gasteiger partial charge in [0.15, 0.2) is 0 Å². The minimum absolute atomic E-state index is 0.121. The molecule has 5 heterocycles. The third-order valence-electron chi connectivity index (χ3n) is 6.32. The van der Waals surface area contributed by atoms with Crippen molar-refractivity contribution >= 4 is 23.2 Å². The lowest BCUT2D eigenvalue weighted by Gasteiger charge is -2.29. The van der Waals surface area contributed by atoms with Crippen LogP contribution in [-0.4, -0.2) is 48.1 Å². The number of amides is 2. The molecule has 1 N–H and O–H groups in total. The van der Waals surface area contributed by atoms with Gasteiger partial charge in [-0.2, -0.15) is 0 Å². The zero-order valence-corrected chi connectivity index (χ0v) is 15.7. The third kappa shape index (κ3) is 2.89. The van der Waals surface area contributed by atoms with E-state index in [1.54, 1.807) is 17.4 Å². The first kappa shape index (κ1) is 17.0. The predicted molar refractivity (Wildman–Crippen MR) is 99.5 cm³/mol. The summed E-state index contributed by atoms with van der Waals surface area (Å²) in [4.78, 5) is 28.0. The van der Waals surface area contributed by atoms with Gasteiger partial charge >= 0.3 is 0 Å². The molecule has 0 saturated carbocycles. The van der Waals surface area contributed by atoms with Crippen LogP contribution in [0.1, 0.15) is 28.1 Å². The van der Waals surface area contributed by atoms with Gasteiger partial charge in [-0.1, -0.05) is 6.07 Å². The normalized spacial score (nSPS) is 31.3. The first-order valence-corrected chi connectivity index (χ1v) is 10.3. The average molecular weight is 386 g/mol. The standard InChI is InChI=1S/C20H22N2O4S/c23-18(8-14-2-1-7-27-14)22-10-16-15(17-3-5-20(16,12-22)26-17)9-21-19(24)13-4-6-25-11-13/h1-2,4,6-7,11,15-17H,3,5,8-10,12H2,(H,21,24)/t15-,16+,17+,20+/m0/s1. The van der Waals surface area contributed by atoms with Gasteiger partial charge in [-0.15, -0.1) is 11.3 Å². The van der Waals surface area contributed by atoms with Gasteiger partial charge in [0.1, 0.15) is 6.26 Å². The summed E-state index contributed by atoms with van der Waals surface area (Å²) in [7, 11) is 0. The van der Waals surface area contributed by atoms with E-state index in [0.717, 1.165) is 24.3 Å². The Labute approximate surface area is 161 Å². The highest BCUT2D eigenvalue weighted by Gasteiger charge is 2.63. The van der Waals surface area contributed by atoms with E-state index in [4.69, 9.17) is 9.15 Å². The molecule has 5 rings (SSSR count). The number of rotatable bonds is 5. The summed E-state index contributed by atoms with van der Waals surface area (Å²) in [6.45, 7) is 1.99. The molecule has 3 saturated heterocycles. The summed E-state index contributed by atoms with van der Waals surface area (Å²) in [6.07, 6.45) is 5.63. The Balaban J connectivity index is 1.25. The molecule has 2 bridgehead atoms. The minimum Gasteiger partial charge on any atom is -0.472 e. The van der Waals surface area contributed by atoms with Crippen molar-refractivity contribution in [1.29, 1.82) is 0 Å². The SMILES string of the molecule is O=C(NC[C@H]1[C@H]2CN(C(=O)Cc3cccs3)C[C@]23CC[C@H]1O3)c1ccoc1. The fraction of sp³-hybridized carbons (Fsp3) is 0.500. The lowest BCUT2D eigenvalue weighted by molar-refractivity contribution is -0.131. The fourth-order valence-electron chi connectivity index (χ4n) is 5.03. The summed E-state index contributed by atoms with van der Waals surface area (Å²) in [6, 6.07) is 5.65. The summed E-state index contributed by atoms with van der Waals surface area (Å²) >= 11 is 1.62. The first-order chi connectivity index (χ1) is 13.1. The topological polar surface area (TPSA) is 71.8 Å². The van der Waals surface area contributed by atoms with Crippen LogP contribution in [0.5, 0.6) is 0 Å². The van der Waals surface area contributed by atoms with Crippen LogP contribution in [-0.2, 0) is 16.0 Å². The van der Waals surface area contributed by atoms with Gasteiger partial charge in [-0.3, -0.25) is 9.59 Å². The van der Waals surface area contributed by atoms with Crippen LogP contribution in [0.4, 0.5) is 0 Å². The van der Waals surface area contributed by atoms with Crippen LogP contribution in [0.25, 0.3) is 0 Å². The average Bonchev–Trinajstić information content (AvgIpc) is 3.46. The lowest BCUT2D eigenvalue weighted by Crippen LogP contribution is -2.41.